The fraction of sp³-hybridized carbons (Fsp3) is 0.235. The zero-order chi connectivity index (χ0) is 17.1. The smallest absolute Gasteiger partial charge is 0.240 e. The van der Waals surface area contributed by atoms with Crippen LogP contribution in [0.3, 0.4) is 0 Å². The first-order valence-electron chi connectivity index (χ1n) is 7.51. The molecule has 0 fully saturated rings. The van der Waals surface area contributed by atoms with Crippen LogP contribution in [-0.2, 0) is 6.42 Å². The van der Waals surface area contributed by atoms with Gasteiger partial charge in [0, 0.05) is 22.8 Å². The van der Waals surface area contributed by atoms with Crippen LogP contribution in [0.15, 0.2) is 39.4 Å². The third-order valence-electron chi connectivity index (χ3n) is 3.35. The van der Waals surface area contributed by atoms with Crippen LogP contribution in [0.2, 0.25) is 5.02 Å². The Morgan fingerprint density at radius 3 is 2.83 bits per heavy atom. The average Bonchev–Trinajstić information content (AvgIpc) is 3.12. The summed E-state index contributed by atoms with van der Waals surface area (Å²) in [7, 11) is 0. The van der Waals surface area contributed by atoms with Crippen LogP contribution in [-0.4, -0.2) is 20.0 Å². The second kappa shape index (κ2) is 7.32. The minimum Gasteiger partial charge on any atom is -0.421 e. The maximum absolute atomic E-state index is 6.18. The Balaban J connectivity index is 1.72. The molecule has 0 aliphatic carbocycles. The van der Waals surface area contributed by atoms with Crippen molar-refractivity contribution in [1.29, 1.82) is 0 Å². The van der Waals surface area contributed by atoms with E-state index in [0.29, 0.717) is 28.9 Å². The molecule has 3 rings (SSSR count). The van der Waals surface area contributed by atoms with Gasteiger partial charge in [0.1, 0.15) is 5.69 Å². The second-order valence-corrected chi connectivity index (χ2v) is 6.93. The van der Waals surface area contributed by atoms with Crippen LogP contribution in [0.5, 0.6) is 0 Å². The van der Waals surface area contributed by atoms with Gasteiger partial charge < -0.3 is 4.42 Å². The van der Waals surface area contributed by atoms with Crippen molar-refractivity contribution in [3.63, 3.8) is 0 Å². The van der Waals surface area contributed by atoms with Gasteiger partial charge in [0.05, 0.1) is 11.4 Å². The van der Waals surface area contributed by atoms with Gasteiger partial charge in [-0.15, -0.1) is 10.2 Å². The molecule has 0 spiro atoms. The van der Waals surface area contributed by atoms with Gasteiger partial charge in [0.15, 0.2) is 0 Å². The first-order chi connectivity index (χ1) is 11.5. The van der Waals surface area contributed by atoms with Crippen molar-refractivity contribution in [3.05, 3.63) is 63.0 Å². The quantitative estimate of drug-likeness (QED) is 0.595. The number of hydrogen-bond donors (Lipinski definition) is 0. The van der Waals surface area contributed by atoms with Crippen LogP contribution in [0.1, 0.15) is 42.9 Å². The van der Waals surface area contributed by atoms with Gasteiger partial charge in [0.2, 0.25) is 11.8 Å². The van der Waals surface area contributed by atoms with Crippen molar-refractivity contribution in [2.45, 2.75) is 26.3 Å². The summed E-state index contributed by atoms with van der Waals surface area (Å²) in [6, 6.07) is 8.25. The van der Waals surface area contributed by atoms with Crippen molar-refractivity contribution >= 4 is 39.7 Å². The lowest BCUT2D eigenvalue weighted by atomic mass is 10.1. The SMILES string of the molecule is CC(C)n1cc(Cl)c(C=Cc2nnc(Cc3cccc(Br)c3)o2)n1. The third kappa shape index (κ3) is 4.13. The molecule has 0 saturated carbocycles. The number of nitrogens with zero attached hydrogens (tertiary/aromatic N) is 4. The summed E-state index contributed by atoms with van der Waals surface area (Å²) in [6.45, 7) is 4.09. The van der Waals surface area contributed by atoms with Gasteiger partial charge in [0.25, 0.3) is 0 Å². The fourth-order valence-electron chi connectivity index (χ4n) is 2.14. The van der Waals surface area contributed by atoms with Gasteiger partial charge in [-0.25, -0.2) is 0 Å². The molecule has 0 aliphatic heterocycles. The van der Waals surface area contributed by atoms with Crippen LogP contribution in [0.25, 0.3) is 12.2 Å². The van der Waals surface area contributed by atoms with Crippen molar-refractivity contribution < 1.29 is 4.42 Å². The van der Waals surface area contributed by atoms with E-state index in [9.17, 15) is 0 Å². The van der Waals surface area contributed by atoms with Crippen molar-refractivity contribution in [1.82, 2.24) is 20.0 Å². The average molecular weight is 408 g/mol. The Hall–Kier alpha value is -1.92. The third-order valence-corrected chi connectivity index (χ3v) is 4.14. The maximum atomic E-state index is 6.18. The van der Waals surface area contributed by atoms with Crippen molar-refractivity contribution in [3.8, 4) is 0 Å². The lowest BCUT2D eigenvalue weighted by Gasteiger charge is -2.02. The Morgan fingerprint density at radius 1 is 1.29 bits per heavy atom. The second-order valence-electron chi connectivity index (χ2n) is 5.61. The van der Waals surface area contributed by atoms with Gasteiger partial charge in [-0.3, -0.25) is 4.68 Å². The number of benzene rings is 1. The normalized spacial score (nSPS) is 11.7. The lowest BCUT2D eigenvalue weighted by Crippen LogP contribution is -2.00. The van der Waals surface area contributed by atoms with Gasteiger partial charge in [-0.05, 0) is 37.6 Å². The van der Waals surface area contributed by atoms with Crippen LogP contribution >= 0.6 is 27.5 Å². The van der Waals surface area contributed by atoms with E-state index in [1.54, 1.807) is 18.3 Å². The molecule has 0 atom stereocenters. The Bertz CT molecular complexity index is 869. The summed E-state index contributed by atoms with van der Waals surface area (Å²) >= 11 is 9.63. The van der Waals surface area contributed by atoms with E-state index in [0.717, 1.165) is 10.0 Å². The zero-order valence-electron chi connectivity index (χ0n) is 13.3. The molecule has 3 aromatic rings. The Kier molecular flexibility index (Phi) is 5.16. The van der Waals surface area contributed by atoms with Crippen LogP contribution < -0.4 is 0 Å². The molecule has 1 aromatic carbocycles. The monoisotopic (exact) mass is 406 g/mol. The molecule has 5 nitrogen and oxygen atoms in total. The maximum Gasteiger partial charge on any atom is 0.240 e. The highest BCUT2D eigenvalue weighted by molar-refractivity contribution is 9.10. The molecule has 0 aliphatic rings. The van der Waals surface area contributed by atoms with E-state index in [4.69, 9.17) is 16.0 Å². The van der Waals surface area contributed by atoms with E-state index >= 15 is 0 Å². The van der Waals surface area contributed by atoms with Crippen molar-refractivity contribution in [2.24, 2.45) is 0 Å². The Morgan fingerprint density at radius 2 is 2.12 bits per heavy atom. The largest absolute Gasteiger partial charge is 0.421 e. The molecule has 7 heteroatoms. The molecule has 24 heavy (non-hydrogen) atoms. The highest BCUT2D eigenvalue weighted by Gasteiger charge is 2.08. The molecule has 0 N–H and O–H groups in total. The first kappa shape index (κ1) is 16.9. The number of rotatable bonds is 5. The van der Waals surface area contributed by atoms with E-state index < -0.39 is 0 Å². The van der Waals surface area contributed by atoms with Gasteiger partial charge in [-0.2, -0.15) is 5.10 Å². The summed E-state index contributed by atoms with van der Waals surface area (Å²) in [4.78, 5) is 0. The van der Waals surface area contributed by atoms with Crippen molar-refractivity contribution in [2.75, 3.05) is 0 Å². The number of aromatic nitrogens is 4. The first-order valence-corrected chi connectivity index (χ1v) is 8.68. The van der Waals surface area contributed by atoms with Crippen LogP contribution in [0, 0.1) is 0 Å². The summed E-state index contributed by atoms with van der Waals surface area (Å²) in [5.41, 5.74) is 1.78. The predicted molar refractivity (Wildman–Crippen MR) is 97.8 cm³/mol. The lowest BCUT2D eigenvalue weighted by molar-refractivity contribution is 0.496. The molecule has 0 saturated heterocycles. The summed E-state index contributed by atoms with van der Waals surface area (Å²) < 4.78 is 8.48. The molecule has 0 radical (unpaired) electrons. The topological polar surface area (TPSA) is 56.7 Å². The van der Waals surface area contributed by atoms with E-state index in [1.807, 2.05) is 42.8 Å². The van der Waals surface area contributed by atoms with E-state index in [1.165, 1.54) is 0 Å². The van der Waals surface area contributed by atoms with Gasteiger partial charge in [-0.1, -0.05) is 39.7 Å². The summed E-state index contributed by atoms with van der Waals surface area (Å²) in [6.07, 6.45) is 5.88. The van der Waals surface area contributed by atoms with E-state index in [2.05, 4.69) is 31.2 Å². The molecular weight excluding hydrogens is 392 g/mol. The Labute approximate surface area is 153 Å². The molecule has 0 amide bonds. The molecule has 0 bridgehead atoms. The standard InChI is InChI=1S/C17H16BrClN4O/c1-11(2)23-10-14(19)15(22-23)6-7-16-20-21-17(24-16)9-12-4-3-5-13(18)8-12/h3-8,10-11H,9H2,1-2H3. The fourth-order valence-corrected chi connectivity index (χ4v) is 2.79. The van der Waals surface area contributed by atoms with Gasteiger partial charge >= 0.3 is 0 Å². The summed E-state index contributed by atoms with van der Waals surface area (Å²) in [5, 5.41) is 13.1. The van der Waals surface area contributed by atoms with Crippen LogP contribution in [0.4, 0.5) is 0 Å². The minimum atomic E-state index is 0.254. The summed E-state index contributed by atoms with van der Waals surface area (Å²) in [5.74, 6) is 0.988. The number of hydrogen-bond acceptors (Lipinski definition) is 4. The zero-order valence-corrected chi connectivity index (χ0v) is 15.6. The molecular formula is C17H16BrClN4O. The highest BCUT2D eigenvalue weighted by Crippen LogP contribution is 2.19. The highest BCUT2D eigenvalue weighted by atomic mass is 79.9. The predicted octanol–water partition coefficient (Wildman–Crippen LogP) is 5.02. The molecule has 2 heterocycles. The van der Waals surface area contributed by atoms with E-state index in [-0.39, 0.29) is 6.04 Å². The molecule has 2 aromatic heterocycles. The molecule has 124 valence electrons. The number of halogens is 2. The molecule has 0 unspecified atom stereocenters. The minimum absolute atomic E-state index is 0.254.